The van der Waals surface area contributed by atoms with Crippen molar-refractivity contribution < 1.29 is 28.7 Å². The molecule has 0 saturated carbocycles. The largest absolute Gasteiger partial charge is 0.497 e. The summed E-state index contributed by atoms with van der Waals surface area (Å²) < 4.78 is 10.8. The number of H-pyrrole nitrogens is 1. The zero-order chi connectivity index (χ0) is 34.6. The van der Waals surface area contributed by atoms with Crippen molar-refractivity contribution in [2.75, 3.05) is 33.9 Å². The standard InChI is InChI=1S/C35H47N7O6.2ClH/c1-22(2)14-27-19-42(35(46)29(36)17-26-18-37-21-39-26)20-32(43)38-13-5-6-24-16-25(9-12-31(24)48-4)33(44)41-30(34(45)40-27)15-23-7-10-28(47-3)11-8-23;;/h7-12,16,18,21-22,27,29-30H,5-6,13-15,17,19-20,36H2,1-4H3,(H,37,39)(H,38,43)(H,40,45)(H,41,44);2*1H/t27?,29-,30-;;/m0../s1. The number of methoxy groups -OCH3 is 2. The van der Waals surface area contributed by atoms with Gasteiger partial charge in [-0.1, -0.05) is 26.0 Å². The number of aromatic nitrogens is 2. The first-order chi connectivity index (χ1) is 23.1. The molecule has 15 heteroatoms. The lowest BCUT2D eigenvalue weighted by molar-refractivity contribution is -0.138. The highest BCUT2D eigenvalue weighted by molar-refractivity contribution is 5.98. The van der Waals surface area contributed by atoms with Crippen LogP contribution in [0.2, 0.25) is 0 Å². The predicted octanol–water partition coefficient (Wildman–Crippen LogP) is 2.60. The molecular formula is C35H49Cl2N7O6. The molecule has 2 aromatic carbocycles. The fraction of sp³-hybridized carbons (Fsp3) is 0.457. The Labute approximate surface area is 305 Å². The molecule has 13 nitrogen and oxygen atoms in total. The van der Waals surface area contributed by atoms with Crippen LogP contribution in [0.3, 0.4) is 0 Å². The Morgan fingerprint density at radius 2 is 1.78 bits per heavy atom. The molecule has 4 amide bonds. The number of nitrogens with two attached hydrogens (primary N) is 1. The van der Waals surface area contributed by atoms with Gasteiger partial charge in [0.15, 0.2) is 0 Å². The van der Waals surface area contributed by atoms with Gasteiger partial charge >= 0.3 is 0 Å². The van der Waals surface area contributed by atoms with Crippen LogP contribution in [0.4, 0.5) is 0 Å². The summed E-state index contributed by atoms with van der Waals surface area (Å²) in [6.07, 6.45) is 5.12. The van der Waals surface area contributed by atoms with Crippen LogP contribution in [0.15, 0.2) is 55.0 Å². The van der Waals surface area contributed by atoms with E-state index in [4.69, 9.17) is 15.2 Å². The van der Waals surface area contributed by atoms with Crippen molar-refractivity contribution in [3.63, 3.8) is 0 Å². The highest BCUT2D eigenvalue weighted by Crippen LogP contribution is 2.22. The number of aryl methyl sites for hydroxylation is 1. The number of nitrogens with one attached hydrogen (secondary N) is 4. The smallest absolute Gasteiger partial charge is 0.251 e. The fourth-order valence-corrected chi connectivity index (χ4v) is 5.80. The highest BCUT2D eigenvalue weighted by Gasteiger charge is 2.30. The summed E-state index contributed by atoms with van der Waals surface area (Å²) >= 11 is 0. The Balaban J connectivity index is 0.00000433. The lowest BCUT2D eigenvalue weighted by Crippen LogP contribution is -2.56. The number of aromatic amines is 1. The van der Waals surface area contributed by atoms with E-state index in [1.165, 1.54) is 11.2 Å². The summed E-state index contributed by atoms with van der Waals surface area (Å²) in [4.78, 5) is 63.0. The Bertz CT molecular complexity index is 1540. The summed E-state index contributed by atoms with van der Waals surface area (Å²) in [5.41, 5.74) is 9.03. The van der Waals surface area contributed by atoms with Crippen LogP contribution >= 0.6 is 24.8 Å². The molecule has 1 aliphatic rings. The Hall–Kier alpha value is -4.33. The molecule has 0 saturated heterocycles. The van der Waals surface area contributed by atoms with Crippen LogP contribution in [0.1, 0.15) is 53.9 Å². The number of fused-ring (bicyclic) bond motifs is 2. The van der Waals surface area contributed by atoms with Crippen molar-refractivity contribution in [3.05, 3.63) is 77.4 Å². The Kier molecular flexibility index (Phi) is 17.0. The van der Waals surface area contributed by atoms with E-state index in [0.29, 0.717) is 48.6 Å². The number of rotatable bonds is 9. The molecule has 2 bridgehead atoms. The van der Waals surface area contributed by atoms with Crippen molar-refractivity contribution in [1.29, 1.82) is 0 Å². The molecule has 6 N–H and O–H groups in total. The fourth-order valence-electron chi connectivity index (χ4n) is 5.80. The Morgan fingerprint density at radius 3 is 2.42 bits per heavy atom. The molecule has 274 valence electrons. The molecule has 1 unspecified atom stereocenters. The maximum atomic E-state index is 14.0. The third kappa shape index (κ3) is 12.2. The molecule has 1 aliphatic heterocycles. The summed E-state index contributed by atoms with van der Waals surface area (Å²) in [6.45, 7) is 4.18. The second-order valence-electron chi connectivity index (χ2n) is 12.5. The van der Waals surface area contributed by atoms with Crippen molar-refractivity contribution in [2.45, 2.75) is 64.1 Å². The van der Waals surface area contributed by atoms with Crippen LogP contribution in [0.25, 0.3) is 0 Å². The lowest BCUT2D eigenvalue weighted by Gasteiger charge is -2.31. The van der Waals surface area contributed by atoms with Gasteiger partial charge in [-0.3, -0.25) is 19.2 Å². The van der Waals surface area contributed by atoms with Gasteiger partial charge in [0.25, 0.3) is 5.91 Å². The summed E-state index contributed by atoms with van der Waals surface area (Å²) in [5, 5.41) is 8.93. The van der Waals surface area contributed by atoms with Crippen LogP contribution in [-0.4, -0.2) is 90.5 Å². The number of halogens is 2. The van der Waals surface area contributed by atoms with E-state index in [2.05, 4.69) is 25.9 Å². The molecule has 0 spiro atoms. The quantitative estimate of drug-likeness (QED) is 0.223. The van der Waals surface area contributed by atoms with E-state index < -0.39 is 35.8 Å². The molecule has 4 rings (SSSR count). The SMILES string of the molecule is COc1ccc(C[C@@H]2NC(=O)c3ccc(OC)c(c3)CCCNC(=O)CN(C(=O)[C@@H](N)Cc3cnc[nH]3)CC(CC(C)C)NC2=O)cc1.Cl.Cl. The van der Waals surface area contributed by atoms with Gasteiger partial charge in [-0.25, -0.2) is 4.98 Å². The van der Waals surface area contributed by atoms with Crippen molar-refractivity contribution in [3.8, 4) is 11.5 Å². The molecule has 0 fully saturated rings. The minimum absolute atomic E-state index is 0. The van der Waals surface area contributed by atoms with Crippen LogP contribution < -0.4 is 31.2 Å². The van der Waals surface area contributed by atoms with Gasteiger partial charge in [0, 0.05) is 49.4 Å². The van der Waals surface area contributed by atoms with E-state index in [1.54, 1.807) is 50.7 Å². The van der Waals surface area contributed by atoms with Crippen LogP contribution in [0.5, 0.6) is 11.5 Å². The highest BCUT2D eigenvalue weighted by atomic mass is 35.5. The summed E-state index contributed by atoms with van der Waals surface area (Å²) in [7, 11) is 3.13. The van der Waals surface area contributed by atoms with E-state index in [0.717, 1.165) is 11.1 Å². The first-order valence-electron chi connectivity index (χ1n) is 16.3. The third-order valence-electron chi connectivity index (χ3n) is 8.21. The summed E-state index contributed by atoms with van der Waals surface area (Å²) in [5.74, 6) is -0.170. The zero-order valence-electron chi connectivity index (χ0n) is 28.9. The molecule has 0 radical (unpaired) electrons. The molecule has 2 heterocycles. The number of carbonyl (C=O) groups excluding carboxylic acids is 4. The van der Waals surface area contributed by atoms with Crippen LogP contribution in [-0.2, 0) is 33.6 Å². The van der Waals surface area contributed by atoms with Gasteiger partial charge < -0.3 is 41.0 Å². The number of ether oxygens (including phenoxy) is 2. The van der Waals surface area contributed by atoms with Crippen molar-refractivity contribution in [2.24, 2.45) is 11.7 Å². The number of hydrogen-bond acceptors (Lipinski definition) is 8. The maximum absolute atomic E-state index is 14.0. The number of amides is 4. The van der Waals surface area contributed by atoms with Gasteiger partial charge in [-0.2, -0.15) is 0 Å². The number of carbonyl (C=O) groups is 4. The van der Waals surface area contributed by atoms with E-state index in [9.17, 15) is 19.2 Å². The first kappa shape index (κ1) is 41.8. The monoisotopic (exact) mass is 733 g/mol. The number of nitrogens with zero attached hydrogens (tertiary/aromatic N) is 2. The molecular weight excluding hydrogens is 685 g/mol. The third-order valence-corrected chi connectivity index (χ3v) is 8.21. The predicted molar refractivity (Wildman–Crippen MR) is 195 cm³/mol. The minimum Gasteiger partial charge on any atom is -0.497 e. The van der Waals surface area contributed by atoms with E-state index in [1.807, 2.05) is 26.0 Å². The van der Waals surface area contributed by atoms with E-state index in [-0.39, 0.29) is 62.6 Å². The average molecular weight is 735 g/mol. The topological polar surface area (TPSA) is 181 Å². The molecule has 3 aromatic rings. The van der Waals surface area contributed by atoms with Gasteiger partial charge in [0.2, 0.25) is 17.7 Å². The Morgan fingerprint density at radius 1 is 1.04 bits per heavy atom. The second kappa shape index (κ2) is 20.4. The van der Waals surface area contributed by atoms with Gasteiger partial charge in [-0.05, 0) is 66.6 Å². The van der Waals surface area contributed by atoms with Gasteiger partial charge in [0.1, 0.15) is 17.5 Å². The zero-order valence-corrected chi connectivity index (χ0v) is 30.5. The normalized spacial score (nSPS) is 18.0. The number of imidazole rings is 1. The average Bonchev–Trinajstić information content (AvgIpc) is 3.58. The summed E-state index contributed by atoms with van der Waals surface area (Å²) in [6, 6.07) is 10.00. The number of hydrogen-bond donors (Lipinski definition) is 5. The van der Waals surface area contributed by atoms with E-state index >= 15 is 0 Å². The van der Waals surface area contributed by atoms with Crippen molar-refractivity contribution in [1.82, 2.24) is 30.8 Å². The van der Waals surface area contributed by atoms with Crippen molar-refractivity contribution >= 4 is 48.4 Å². The molecule has 0 aliphatic carbocycles. The second-order valence-corrected chi connectivity index (χ2v) is 12.5. The maximum Gasteiger partial charge on any atom is 0.251 e. The number of benzene rings is 2. The molecule has 3 atom stereocenters. The molecule has 1 aromatic heterocycles. The lowest BCUT2D eigenvalue weighted by atomic mass is 10.00. The first-order valence-corrected chi connectivity index (χ1v) is 16.3. The molecule has 50 heavy (non-hydrogen) atoms. The van der Waals surface area contributed by atoms with Gasteiger partial charge in [-0.15, -0.1) is 24.8 Å². The minimum atomic E-state index is -0.947. The van der Waals surface area contributed by atoms with Gasteiger partial charge in [0.05, 0.1) is 33.1 Å². The van der Waals surface area contributed by atoms with Crippen LogP contribution in [0, 0.1) is 5.92 Å².